The molecular weight excluding hydrogens is 685 g/mol. The fraction of sp³-hybridized carbons (Fsp3) is 0. The Labute approximate surface area is 339 Å². The Hall–Kier alpha value is -7.63. The lowest BCUT2D eigenvalue weighted by Gasteiger charge is -2.11. The molecule has 0 spiro atoms. The second-order valence-corrected chi connectivity index (χ2v) is 13.1. The number of para-hydroxylation sites is 3. The summed E-state index contributed by atoms with van der Waals surface area (Å²) in [7, 11) is 0. The van der Waals surface area contributed by atoms with Crippen LogP contribution < -0.4 is 0 Å². The monoisotopic (exact) mass is 728 g/mol. The van der Waals surface area contributed by atoms with Crippen molar-refractivity contribution in [3.05, 3.63) is 194 Å². The SMILES string of the molecule is [2H]c1c([2H])c([2H])c(-n2c3c([2H])c([2H])c([2H])c([2H])c3c3c([2H])c([2H])c(-c4cccc(-c5ccc(-c6nc(-c7ccccc7)nc(-c7ccc8c(c7)oc7ccccc78)n6)cc5)c4)c([2H])c32)c([2H])c1[2H]. The molecule has 3 heterocycles. The maximum atomic E-state index is 9.68. The first-order chi connectivity index (χ1) is 32.7. The Morgan fingerprint density at radius 3 is 1.82 bits per heavy atom. The summed E-state index contributed by atoms with van der Waals surface area (Å²) < 4.78 is 113. The van der Waals surface area contributed by atoms with Gasteiger partial charge in [-0.2, -0.15) is 0 Å². The minimum absolute atomic E-state index is 0.0281. The third-order valence-electron chi connectivity index (χ3n) is 9.80. The molecule has 11 rings (SSSR count). The lowest BCUT2D eigenvalue weighted by molar-refractivity contribution is 0.669. The van der Waals surface area contributed by atoms with Crippen LogP contribution in [0.3, 0.4) is 0 Å². The van der Waals surface area contributed by atoms with Gasteiger partial charge in [0.25, 0.3) is 0 Å². The normalized spacial score (nSPS) is 14.6. The molecule has 0 fully saturated rings. The van der Waals surface area contributed by atoms with Gasteiger partial charge in [0.15, 0.2) is 17.5 Å². The van der Waals surface area contributed by atoms with Crippen molar-refractivity contribution in [1.82, 2.24) is 19.5 Å². The van der Waals surface area contributed by atoms with Gasteiger partial charge in [0, 0.05) is 43.9 Å². The summed E-state index contributed by atoms with van der Waals surface area (Å²) in [5, 5.41) is 1.60. The van der Waals surface area contributed by atoms with Crippen molar-refractivity contribution in [2.24, 2.45) is 0 Å². The smallest absolute Gasteiger partial charge is 0.164 e. The van der Waals surface area contributed by atoms with E-state index in [0.717, 1.165) is 37.6 Å². The van der Waals surface area contributed by atoms with E-state index in [0.29, 0.717) is 39.7 Å². The molecule has 0 N–H and O–H groups in total. The van der Waals surface area contributed by atoms with Crippen LogP contribution in [0.25, 0.3) is 106 Å². The first kappa shape index (κ1) is 21.9. The van der Waals surface area contributed by atoms with E-state index in [9.17, 15) is 4.11 Å². The van der Waals surface area contributed by atoms with Crippen molar-refractivity contribution >= 4 is 43.7 Å². The predicted molar refractivity (Wildman–Crippen MR) is 229 cm³/mol. The van der Waals surface area contributed by atoms with Gasteiger partial charge in [0.2, 0.25) is 0 Å². The van der Waals surface area contributed by atoms with E-state index < -0.39 is 72.2 Å². The molecule has 0 saturated carbocycles. The van der Waals surface area contributed by atoms with Crippen molar-refractivity contribution in [2.45, 2.75) is 0 Å². The van der Waals surface area contributed by atoms with E-state index in [1.807, 2.05) is 103 Å². The summed E-state index contributed by atoms with van der Waals surface area (Å²) >= 11 is 0. The van der Waals surface area contributed by atoms with Gasteiger partial charge in [-0.25, -0.2) is 15.0 Å². The number of hydrogen-bond acceptors (Lipinski definition) is 4. The van der Waals surface area contributed by atoms with Crippen LogP contribution in [0.15, 0.2) is 198 Å². The summed E-state index contributed by atoms with van der Waals surface area (Å²) in [5.74, 6) is 1.38. The Bertz CT molecular complexity index is 3920. The zero-order valence-corrected chi connectivity index (χ0v) is 29.2. The third-order valence-corrected chi connectivity index (χ3v) is 9.80. The largest absolute Gasteiger partial charge is 0.456 e. The van der Waals surface area contributed by atoms with Gasteiger partial charge >= 0.3 is 0 Å². The topological polar surface area (TPSA) is 56.7 Å². The van der Waals surface area contributed by atoms with E-state index in [4.69, 9.17) is 31.7 Å². The highest BCUT2D eigenvalue weighted by molar-refractivity contribution is 6.10. The van der Waals surface area contributed by atoms with Crippen LogP contribution in [0.4, 0.5) is 0 Å². The molecule has 8 aromatic carbocycles. The van der Waals surface area contributed by atoms with Gasteiger partial charge in [0.1, 0.15) is 11.2 Å². The molecule has 0 aliphatic heterocycles. The zero-order chi connectivity index (χ0) is 47.4. The maximum absolute atomic E-state index is 9.68. The molecule has 0 radical (unpaired) electrons. The van der Waals surface area contributed by atoms with Crippen LogP contribution in [0, 0.1) is 0 Å². The number of aromatic nitrogens is 4. The molecule has 0 saturated heterocycles. The van der Waals surface area contributed by atoms with Crippen LogP contribution in [0.1, 0.15) is 16.4 Å². The fourth-order valence-corrected chi connectivity index (χ4v) is 7.12. The molecule has 0 atom stereocenters. The average molecular weight is 729 g/mol. The van der Waals surface area contributed by atoms with Gasteiger partial charge in [-0.05, 0) is 70.7 Å². The minimum atomic E-state index is -0.695. The summed E-state index contributed by atoms with van der Waals surface area (Å²) in [6, 6.07) is 30.8. The number of furan rings is 1. The van der Waals surface area contributed by atoms with E-state index in [1.54, 1.807) is 18.2 Å². The van der Waals surface area contributed by atoms with Gasteiger partial charge in [-0.15, -0.1) is 0 Å². The Morgan fingerprint density at radius 1 is 0.393 bits per heavy atom. The molecule has 11 aromatic rings. The van der Waals surface area contributed by atoms with E-state index in [2.05, 4.69) is 0 Å². The molecule has 0 amide bonds. The predicted octanol–water partition coefficient (Wildman–Crippen LogP) is 13.2. The lowest BCUT2D eigenvalue weighted by atomic mass is 9.97. The van der Waals surface area contributed by atoms with Crippen LogP contribution in [-0.2, 0) is 0 Å². The molecule has 262 valence electrons. The number of benzene rings is 8. The number of fused-ring (bicyclic) bond motifs is 6. The minimum Gasteiger partial charge on any atom is -0.456 e. The summed E-state index contributed by atoms with van der Waals surface area (Å²) in [4.78, 5) is 14.7. The highest BCUT2D eigenvalue weighted by Crippen LogP contribution is 2.37. The second kappa shape index (κ2) is 13.0. The van der Waals surface area contributed by atoms with Crippen LogP contribution in [0.2, 0.25) is 0 Å². The summed E-state index contributed by atoms with van der Waals surface area (Å²) in [6.45, 7) is 0. The summed E-state index contributed by atoms with van der Waals surface area (Å²) in [5.41, 5.74) is 4.56. The molecule has 5 nitrogen and oxygen atoms in total. The Morgan fingerprint density at radius 2 is 1.00 bits per heavy atom. The number of hydrogen-bond donors (Lipinski definition) is 0. The van der Waals surface area contributed by atoms with Gasteiger partial charge in [-0.3, -0.25) is 0 Å². The third kappa shape index (κ3) is 5.45. The molecule has 0 unspecified atom stereocenters. The van der Waals surface area contributed by atoms with E-state index in [1.165, 1.54) is 0 Å². The quantitative estimate of drug-likeness (QED) is 0.171. The average Bonchev–Trinajstić information content (AvgIpc) is 3.92. The molecular formula is C51H32N4O. The molecule has 0 bridgehead atoms. The molecule has 5 heteroatoms. The molecule has 0 aliphatic carbocycles. The highest BCUT2D eigenvalue weighted by Gasteiger charge is 2.16. The molecule has 0 aliphatic rings. The van der Waals surface area contributed by atoms with Crippen LogP contribution in [0.5, 0.6) is 0 Å². The number of nitrogens with zero attached hydrogens (tertiary/aromatic N) is 4. The first-order valence-corrected chi connectivity index (χ1v) is 17.8. The van der Waals surface area contributed by atoms with Crippen molar-refractivity contribution in [3.8, 4) is 62.1 Å². The second-order valence-electron chi connectivity index (χ2n) is 13.1. The van der Waals surface area contributed by atoms with Crippen molar-refractivity contribution in [3.63, 3.8) is 0 Å². The highest BCUT2D eigenvalue weighted by atomic mass is 16.3. The standard InChI is InChI=1S/C51H32N4O/c1-3-12-34(13-4-1)49-52-50(54-51(53-49)39-27-29-44-43-19-8-10-21-47(43)56-48(44)32-39)35-24-22-33(23-25-35)36-14-11-15-37(30-36)38-26-28-42-41-18-7-9-20-45(41)55(46(42)31-38)40-16-5-2-6-17-40/h1-32H/i2D,5D,6D,7D,9D,16D,17D,18D,20D,26D,28D,31D. The van der Waals surface area contributed by atoms with Crippen molar-refractivity contribution in [1.29, 1.82) is 0 Å². The zero-order valence-electron chi connectivity index (χ0n) is 41.2. The lowest BCUT2D eigenvalue weighted by Crippen LogP contribution is -2.00. The van der Waals surface area contributed by atoms with E-state index in [-0.39, 0.29) is 33.4 Å². The summed E-state index contributed by atoms with van der Waals surface area (Å²) in [6.07, 6.45) is 0. The van der Waals surface area contributed by atoms with Crippen LogP contribution >= 0.6 is 0 Å². The number of rotatable bonds is 6. The Kier molecular flexibility index (Phi) is 5.10. The van der Waals surface area contributed by atoms with Gasteiger partial charge in [-0.1, -0.05) is 145 Å². The first-order valence-electron chi connectivity index (χ1n) is 23.8. The van der Waals surface area contributed by atoms with Crippen molar-refractivity contribution < 1.29 is 20.9 Å². The fourth-order valence-electron chi connectivity index (χ4n) is 7.12. The van der Waals surface area contributed by atoms with Crippen molar-refractivity contribution in [2.75, 3.05) is 0 Å². The van der Waals surface area contributed by atoms with E-state index >= 15 is 0 Å². The molecule has 3 aromatic heterocycles. The van der Waals surface area contributed by atoms with Gasteiger partial charge in [0.05, 0.1) is 27.5 Å². The van der Waals surface area contributed by atoms with Crippen LogP contribution in [-0.4, -0.2) is 19.5 Å². The molecule has 56 heavy (non-hydrogen) atoms. The van der Waals surface area contributed by atoms with Gasteiger partial charge < -0.3 is 8.98 Å². The maximum Gasteiger partial charge on any atom is 0.164 e. The Balaban J connectivity index is 1.04.